The molecular weight excluding hydrogens is 155 g/mol. The zero-order valence-electron chi connectivity index (χ0n) is 5.21. The van der Waals surface area contributed by atoms with Crippen LogP contribution in [0.15, 0.2) is 0 Å². The summed E-state index contributed by atoms with van der Waals surface area (Å²) in [6.07, 6.45) is 5.38. The molecule has 0 unspecified atom stereocenters. The first kappa shape index (κ1) is 7.23. The van der Waals surface area contributed by atoms with Gasteiger partial charge in [0.25, 0.3) is 0 Å². The zero-order valence-corrected chi connectivity index (χ0v) is 6.92. The first-order valence-electron chi connectivity index (χ1n) is 3.15. The topological polar surface area (TPSA) is 34.1 Å². The maximum absolute atomic E-state index is 10.4. The highest BCUT2D eigenvalue weighted by molar-refractivity contribution is 8.12. The third kappa shape index (κ3) is 2.07. The Morgan fingerprint density at radius 3 is 1.89 bits per heavy atom. The molecule has 1 aliphatic heterocycles. The van der Waals surface area contributed by atoms with E-state index >= 15 is 0 Å². The molecule has 0 spiro atoms. The minimum absolute atomic E-state index is 0.614. The second-order valence-corrected chi connectivity index (χ2v) is 6.94. The van der Waals surface area contributed by atoms with Crippen LogP contribution in [0.4, 0.5) is 0 Å². The van der Waals surface area contributed by atoms with Gasteiger partial charge in [0.15, 0.2) is 0 Å². The second kappa shape index (κ2) is 3.33. The van der Waals surface area contributed by atoms with Crippen molar-refractivity contribution < 1.29 is 8.42 Å². The van der Waals surface area contributed by atoms with Gasteiger partial charge in [-0.05, 0) is 19.3 Å². The van der Waals surface area contributed by atoms with Crippen molar-refractivity contribution in [3.8, 4) is 0 Å². The molecule has 0 bridgehead atoms. The lowest BCUT2D eigenvalue weighted by atomic mass is 10.3. The fraction of sp³-hybridized carbons (Fsp3) is 1.00. The van der Waals surface area contributed by atoms with Gasteiger partial charge in [-0.1, -0.05) is 0 Å². The second-order valence-electron chi connectivity index (χ2n) is 2.21. The van der Waals surface area contributed by atoms with E-state index in [4.69, 9.17) is 0 Å². The average Bonchev–Trinajstić information content (AvgIpc) is 1.90. The highest BCUT2D eigenvalue weighted by Gasteiger charge is 2.18. The molecule has 2 nitrogen and oxygen atoms in total. The van der Waals surface area contributed by atoms with Crippen LogP contribution in [0, 0.1) is 0 Å². The SMILES string of the molecule is O=S(=O)=[P+]1CCCCC1. The summed E-state index contributed by atoms with van der Waals surface area (Å²) in [5, 5.41) is 0. The molecular formula is C5H10O2PS+. The maximum Gasteiger partial charge on any atom is 0.377 e. The lowest BCUT2D eigenvalue weighted by Gasteiger charge is -1.98. The molecule has 52 valence electrons. The Labute approximate surface area is 57.2 Å². The highest BCUT2D eigenvalue weighted by atomic mass is 32.5. The lowest BCUT2D eigenvalue weighted by molar-refractivity contribution is 0.627. The fourth-order valence-corrected chi connectivity index (χ4v) is 4.36. The van der Waals surface area contributed by atoms with Crippen molar-refractivity contribution in [2.45, 2.75) is 19.3 Å². The molecule has 1 heterocycles. The first-order chi connectivity index (χ1) is 4.30. The summed E-state index contributed by atoms with van der Waals surface area (Å²) in [4.78, 5) is 0. The predicted octanol–water partition coefficient (Wildman–Crippen LogP) is 1.45. The Morgan fingerprint density at radius 1 is 1.00 bits per heavy atom. The van der Waals surface area contributed by atoms with Gasteiger partial charge in [-0.2, -0.15) is 0 Å². The Balaban J connectivity index is 2.72. The van der Waals surface area contributed by atoms with Crippen molar-refractivity contribution in [1.29, 1.82) is 0 Å². The molecule has 0 N–H and O–H groups in total. The molecule has 9 heavy (non-hydrogen) atoms. The van der Waals surface area contributed by atoms with Crippen LogP contribution in [0.1, 0.15) is 19.3 Å². The Kier molecular flexibility index (Phi) is 2.67. The van der Waals surface area contributed by atoms with Gasteiger partial charge in [0.05, 0.1) is 0 Å². The van der Waals surface area contributed by atoms with Gasteiger partial charge in [-0.15, -0.1) is 8.42 Å². The third-order valence-corrected chi connectivity index (χ3v) is 5.94. The largest absolute Gasteiger partial charge is 0.377 e. The number of rotatable bonds is 0. The molecule has 1 rings (SSSR count). The summed E-state index contributed by atoms with van der Waals surface area (Å²) in [6.45, 7) is -0.614. The van der Waals surface area contributed by atoms with Gasteiger partial charge >= 0.3 is 9.88 Å². The summed E-state index contributed by atoms with van der Waals surface area (Å²) < 4.78 is 20.8. The smallest absolute Gasteiger partial charge is 0.142 e. The Bertz CT molecular complexity index is 201. The maximum atomic E-state index is 10.4. The molecule has 1 saturated heterocycles. The third-order valence-electron chi connectivity index (χ3n) is 1.53. The van der Waals surface area contributed by atoms with Crippen LogP contribution in [0.5, 0.6) is 0 Å². The molecule has 0 atom stereocenters. The van der Waals surface area contributed by atoms with E-state index in [1.807, 2.05) is 0 Å². The standard InChI is InChI=1S/C5H10O2PS/c6-9(7)8-4-2-1-3-5-8/h1-5H2/q+1. The average molecular weight is 165 g/mol. The summed E-state index contributed by atoms with van der Waals surface area (Å²) >= 11 is 0. The van der Waals surface area contributed by atoms with Crippen LogP contribution in [0.3, 0.4) is 0 Å². The monoisotopic (exact) mass is 165 g/mol. The van der Waals surface area contributed by atoms with Crippen LogP contribution in [-0.4, -0.2) is 20.7 Å². The van der Waals surface area contributed by atoms with Crippen molar-refractivity contribution >= 4 is 16.6 Å². The van der Waals surface area contributed by atoms with E-state index in [1.54, 1.807) is 0 Å². The van der Waals surface area contributed by atoms with E-state index in [9.17, 15) is 8.42 Å². The summed E-state index contributed by atoms with van der Waals surface area (Å²) in [6, 6.07) is 0. The highest BCUT2D eigenvalue weighted by Crippen LogP contribution is 2.31. The minimum atomic E-state index is -1.74. The van der Waals surface area contributed by atoms with Crippen LogP contribution in [0.2, 0.25) is 0 Å². The van der Waals surface area contributed by atoms with Gasteiger partial charge in [0, 0.05) is 0 Å². The number of hydrogen-bond donors (Lipinski definition) is 0. The van der Waals surface area contributed by atoms with Crippen LogP contribution in [0.25, 0.3) is 0 Å². The molecule has 1 fully saturated rings. The molecule has 0 aromatic heterocycles. The minimum Gasteiger partial charge on any atom is -0.142 e. The van der Waals surface area contributed by atoms with E-state index in [-0.39, 0.29) is 0 Å². The van der Waals surface area contributed by atoms with Crippen LogP contribution >= 0.6 is 6.70 Å². The Hall–Kier alpha value is 0.120. The molecule has 0 saturated carbocycles. The Morgan fingerprint density at radius 2 is 1.56 bits per heavy atom. The zero-order chi connectivity index (χ0) is 6.69. The van der Waals surface area contributed by atoms with Crippen molar-refractivity contribution in [2.75, 3.05) is 12.3 Å². The molecule has 0 amide bonds. The normalized spacial score (nSPS) is 19.8. The van der Waals surface area contributed by atoms with E-state index in [2.05, 4.69) is 0 Å². The van der Waals surface area contributed by atoms with E-state index in [0.29, 0.717) is 0 Å². The quantitative estimate of drug-likeness (QED) is 0.509. The molecule has 0 radical (unpaired) electrons. The lowest BCUT2D eigenvalue weighted by Crippen LogP contribution is -1.93. The van der Waals surface area contributed by atoms with E-state index < -0.39 is 16.6 Å². The molecule has 0 aliphatic carbocycles. The molecule has 0 aromatic rings. The van der Waals surface area contributed by atoms with Crippen molar-refractivity contribution in [1.82, 2.24) is 0 Å². The van der Waals surface area contributed by atoms with Crippen LogP contribution in [-0.2, 0) is 9.88 Å². The van der Waals surface area contributed by atoms with Crippen LogP contribution < -0.4 is 0 Å². The first-order valence-corrected chi connectivity index (χ1v) is 6.54. The summed E-state index contributed by atoms with van der Waals surface area (Å²) in [7, 11) is -1.74. The van der Waals surface area contributed by atoms with Gasteiger partial charge < -0.3 is 0 Å². The van der Waals surface area contributed by atoms with Gasteiger partial charge in [-0.3, -0.25) is 0 Å². The van der Waals surface area contributed by atoms with E-state index in [1.165, 1.54) is 6.42 Å². The molecule has 1 aliphatic rings. The van der Waals surface area contributed by atoms with Gasteiger partial charge in [0.1, 0.15) is 12.3 Å². The predicted molar refractivity (Wildman–Crippen MR) is 39.4 cm³/mol. The van der Waals surface area contributed by atoms with Gasteiger partial charge in [-0.25, -0.2) is 0 Å². The molecule has 4 heteroatoms. The van der Waals surface area contributed by atoms with E-state index in [0.717, 1.165) is 25.2 Å². The fourth-order valence-electron chi connectivity index (χ4n) is 1.01. The molecule has 0 aromatic carbocycles. The summed E-state index contributed by atoms with van der Waals surface area (Å²) in [5.41, 5.74) is 0. The van der Waals surface area contributed by atoms with Crippen molar-refractivity contribution in [3.63, 3.8) is 0 Å². The summed E-state index contributed by atoms with van der Waals surface area (Å²) in [5.74, 6) is 0. The van der Waals surface area contributed by atoms with Crippen molar-refractivity contribution in [3.05, 3.63) is 0 Å². The van der Waals surface area contributed by atoms with Crippen molar-refractivity contribution in [2.24, 2.45) is 0 Å². The van der Waals surface area contributed by atoms with Gasteiger partial charge in [0.2, 0.25) is 6.70 Å². The number of hydrogen-bond acceptors (Lipinski definition) is 2.